The van der Waals surface area contributed by atoms with Gasteiger partial charge in [0, 0.05) is 0 Å². The van der Waals surface area contributed by atoms with Gasteiger partial charge in [-0.15, -0.1) is 23.4 Å². The molecule has 5 heteroatoms. The van der Waals surface area contributed by atoms with Crippen LogP contribution >= 0.6 is 23.4 Å². The van der Waals surface area contributed by atoms with E-state index in [9.17, 15) is 4.79 Å². The Hall–Kier alpha value is 0.0700. The largest absolute Gasteiger partial charge is 0.378 e. The Morgan fingerprint density at radius 2 is 2.40 bits per heavy atom. The van der Waals surface area contributed by atoms with Gasteiger partial charge in [0.15, 0.2) is 0 Å². The van der Waals surface area contributed by atoms with Gasteiger partial charge in [-0.2, -0.15) is 0 Å². The molecular weight excluding hydrogens is 234 g/mol. The number of halogens is 1. The summed E-state index contributed by atoms with van der Waals surface area (Å²) in [4.78, 5) is 12.0. The first-order valence-electron chi connectivity index (χ1n) is 5.28. The number of thioether (sulfide) groups is 1. The minimum absolute atomic E-state index is 0.0165. The van der Waals surface area contributed by atoms with E-state index >= 15 is 0 Å². The molecule has 0 spiro atoms. The lowest BCUT2D eigenvalue weighted by Crippen LogP contribution is -2.48. The van der Waals surface area contributed by atoms with Crippen LogP contribution in [0.3, 0.4) is 0 Å². The van der Waals surface area contributed by atoms with E-state index in [1.165, 1.54) is 0 Å². The van der Waals surface area contributed by atoms with Crippen LogP contribution in [0.2, 0.25) is 0 Å². The standard InChI is InChI=1S/C10H16ClNO2S/c1-10(3-2-4-15-10)9(13)12-8-6-14-5-7(8)11/h7-8H,2-6H2,1H3,(H,12,13). The molecule has 1 amide bonds. The van der Waals surface area contributed by atoms with Crippen molar-refractivity contribution in [1.29, 1.82) is 0 Å². The first kappa shape index (κ1) is 11.6. The van der Waals surface area contributed by atoms with Crippen molar-refractivity contribution < 1.29 is 9.53 Å². The van der Waals surface area contributed by atoms with Crippen LogP contribution in [0.1, 0.15) is 19.8 Å². The monoisotopic (exact) mass is 249 g/mol. The van der Waals surface area contributed by atoms with Crippen LogP contribution in [0.5, 0.6) is 0 Å². The highest BCUT2D eigenvalue weighted by Gasteiger charge is 2.39. The van der Waals surface area contributed by atoms with E-state index in [4.69, 9.17) is 16.3 Å². The van der Waals surface area contributed by atoms with Crippen molar-refractivity contribution in [3.05, 3.63) is 0 Å². The summed E-state index contributed by atoms with van der Waals surface area (Å²) in [5.41, 5.74) is 0. The zero-order chi connectivity index (χ0) is 10.9. The molecule has 1 N–H and O–H groups in total. The minimum atomic E-state index is -0.251. The first-order chi connectivity index (χ1) is 7.12. The Labute approximate surface area is 99.3 Å². The van der Waals surface area contributed by atoms with Crippen LogP contribution in [-0.2, 0) is 9.53 Å². The van der Waals surface area contributed by atoms with Gasteiger partial charge in [0.1, 0.15) is 0 Å². The molecule has 2 aliphatic rings. The van der Waals surface area contributed by atoms with Gasteiger partial charge in [0.05, 0.1) is 29.4 Å². The molecule has 2 saturated heterocycles. The van der Waals surface area contributed by atoms with Crippen LogP contribution in [0.4, 0.5) is 0 Å². The summed E-state index contributed by atoms with van der Waals surface area (Å²) < 4.78 is 4.96. The number of carbonyl (C=O) groups is 1. The molecule has 0 radical (unpaired) electrons. The lowest BCUT2D eigenvalue weighted by atomic mass is 10.0. The first-order valence-corrected chi connectivity index (χ1v) is 6.71. The number of hydrogen-bond donors (Lipinski definition) is 1. The summed E-state index contributed by atoms with van der Waals surface area (Å²) in [7, 11) is 0. The second-order valence-electron chi connectivity index (χ2n) is 4.32. The zero-order valence-electron chi connectivity index (χ0n) is 8.79. The van der Waals surface area contributed by atoms with Crippen molar-refractivity contribution >= 4 is 29.3 Å². The summed E-state index contributed by atoms with van der Waals surface area (Å²) in [5.74, 6) is 1.20. The van der Waals surface area contributed by atoms with Gasteiger partial charge in [-0.1, -0.05) is 0 Å². The van der Waals surface area contributed by atoms with Crippen LogP contribution in [0, 0.1) is 0 Å². The molecule has 0 aromatic carbocycles. The van der Waals surface area contributed by atoms with E-state index in [1.807, 2.05) is 6.92 Å². The third-order valence-electron chi connectivity index (χ3n) is 3.03. The molecule has 3 unspecified atom stereocenters. The highest BCUT2D eigenvalue weighted by atomic mass is 35.5. The molecule has 86 valence electrons. The predicted octanol–water partition coefficient (Wildman–Crippen LogP) is 1.39. The van der Waals surface area contributed by atoms with E-state index in [0.29, 0.717) is 13.2 Å². The number of nitrogens with one attached hydrogen (secondary N) is 1. The highest BCUT2D eigenvalue weighted by molar-refractivity contribution is 8.01. The van der Waals surface area contributed by atoms with Gasteiger partial charge in [-0.05, 0) is 25.5 Å². The number of hydrogen-bond acceptors (Lipinski definition) is 3. The molecule has 2 heterocycles. The van der Waals surface area contributed by atoms with Gasteiger partial charge >= 0.3 is 0 Å². The second-order valence-corrected chi connectivity index (χ2v) is 6.47. The van der Waals surface area contributed by atoms with Crippen molar-refractivity contribution in [3.8, 4) is 0 Å². The maximum atomic E-state index is 12.0. The van der Waals surface area contributed by atoms with Crippen molar-refractivity contribution in [2.24, 2.45) is 0 Å². The molecule has 2 fully saturated rings. The molecule has 2 aliphatic heterocycles. The van der Waals surface area contributed by atoms with Crippen molar-refractivity contribution in [1.82, 2.24) is 5.32 Å². The average molecular weight is 250 g/mol. The SMILES string of the molecule is CC1(C(=O)NC2COCC2Cl)CCCS1. The average Bonchev–Trinajstić information content (AvgIpc) is 2.78. The van der Waals surface area contributed by atoms with E-state index in [-0.39, 0.29) is 22.1 Å². The molecule has 2 rings (SSSR count). The Kier molecular flexibility index (Phi) is 3.48. The molecule has 0 aromatic rings. The van der Waals surface area contributed by atoms with Crippen molar-refractivity contribution in [2.45, 2.75) is 35.9 Å². The molecule has 0 saturated carbocycles. The molecule has 0 bridgehead atoms. The fourth-order valence-corrected chi connectivity index (χ4v) is 3.38. The number of rotatable bonds is 2. The highest BCUT2D eigenvalue weighted by Crippen LogP contribution is 2.38. The Morgan fingerprint density at radius 3 is 2.93 bits per heavy atom. The number of alkyl halides is 1. The van der Waals surface area contributed by atoms with Crippen LogP contribution in [-0.4, -0.2) is 41.0 Å². The second kappa shape index (κ2) is 4.52. The van der Waals surface area contributed by atoms with E-state index in [2.05, 4.69) is 5.32 Å². The fraction of sp³-hybridized carbons (Fsp3) is 0.900. The molecule has 3 nitrogen and oxygen atoms in total. The lowest BCUT2D eigenvalue weighted by Gasteiger charge is -2.24. The third-order valence-corrected chi connectivity index (χ3v) is 4.98. The predicted molar refractivity (Wildman–Crippen MR) is 62.5 cm³/mol. The van der Waals surface area contributed by atoms with Gasteiger partial charge in [-0.25, -0.2) is 0 Å². The van der Waals surface area contributed by atoms with Crippen LogP contribution in [0.25, 0.3) is 0 Å². The van der Waals surface area contributed by atoms with Crippen molar-refractivity contribution in [2.75, 3.05) is 19.0 Å². The molecule has 15 heavy (non-hydrogen) atoms. The third kappa shape index (κ3) is 2.43. The Morgan fingerprint density at radius 1 is 1.60 bits per heavy atom. The summed E-state index contributed by atoms with van der Waals surface area (Å²) in [5, 5.41) is 2.91. The normalized spacial score (nSPS) is 40.7. The van der Waals surface area contributed by atoms with Crippen molar-refractivity contribution in [3.63, 3.8) is 0 Å². The van der Waals surface area contributed by atoms with Crippen LogP contribution in [0.15, 0.2) is 0 Å². The zero-order valence-corrected chi connectivity index (χ0v) is 10.4. The maximum absolute atomic E-state index is 12.0. The number of amides is 1. The summed E-state index contributed by atoms with van der Waals surface area (Å²) in [6, 6.07) is -0.0165. The minimum Gasteiger partial charge on any atom is -0.378 e. The van der Waals surface area contributed by atoms with E-state index < -0.39 is 0 Å². The Bertz CT molecular complexity index is 256. The summed E-state index contributed by atoms with van der Waals surface area (Å²) in [6.45, 7) is 3.09. The molecule has 0 aromatic heterocycles. The summed E-state index contributed by atoms with van der Waals surface area (Å²) >= 11 is 7.77. The maximum Gasteiger partial charge on any atom is 0.236 e. The quantitative estimate of drug-likeness (QED) is 0.752. The van der Waals surface area contributed by atoms with Crippen LogP contribution < -0.4 is 5.32 Å². The molecular formula is C10H16ClNO2S. The van der Waals surface area contributed by atoms with E-state index in [0.717, 1.165) is 18.6 Å². The number of carbonyl (C=O) groups excluding carboxylic acids is 1. The molecule has 0 aliphatic carbocycles. The fourth-order valence-electron chi connectivity index (χ4n) is 1.94. The Balaban J connectivity index is 1.91. The van der Waals surface area contributed by atoms with Gasteiger partial charge in [-0.3, -0.25) is 4.79 Å². The van der Waals surface area contributed by atoms with E-state index in [1.54, 1.807) is 11.8 Å². The lowest BCUT2D eigenvalue weighted by molar-refractivity contribution is -0.123. The number of ether oxygens (including phenoxy) is 1. The van der Waals surface area contributed by atoms with Gasteiger partial charge in [0.25, 0.3) is 0 Å². The summed E-state index contributed by atoms with van der Waals surface area (Å²) in [6.07, 6.45) is 2.09. The molecule has 3 atom stereocenters. The topological polar surface area (TPSA) is 38.3 Å². The smallest absolute Gasteiger partial charge is 0.236 e. The van der Waals surface area contributed by atoms with Gasteiger partial charge in [0.2, 0.25) is 5.91 Å². The van der Waals surface area contributed by atoms with Gasteiger partial charge < -0.3 is 10.1 Å².